The van der Waals surface area contributed by atoms with Crippen LogP contribution in [0.5, 0.6) is 0 Å². The molecule has 3 heterocycles. The SMILES string of the molecule is CCCn1cc(C(=O)N2CCNC[C@@H]2C(=O)N2CCOCC2)c(C)n1. The summed E-state index contributed by atoms with van der Waals surface area (Å²) < 4.78 is 7.13. The van der Waals surface area contributed by atoms with Gasteiger partial charge in [0.1, 0.15) is 6.04 Å². The number of morpholine rings is 1. The monoisotopic (exact) mass is 349 g/mol. The van der Waals surface area contributed by atoms with Gasteiger partial charge in [0.25, 0.3) is 5.91 Å². The Kier molecular flexibility index (Phi) is 5.70. The summed E-state index contributed by atoms with van der Waals surface area (Å²) in [6.07, 6.45) is 2.76. The molecule has 1 aromatic heterocycles. The molecule has 8 nitrogen and oxygen atoms in total. The van der Waals surface area contributed by atoms with Gasteiger partial charge in [0.15, 0.2) is 0 Å². The van der Waals surface area contributed by atoms with Crippen LogP contribution in [0.25, 0.3) is 0 Å². The summed E-state index contributed by atoms with van der Waals surface area (Å²) in [5.74, 6) is -0.101. The maximum absolute atomic E-state index is 13.1. The highest BCUT2D eigenvalue weighted by molar-refractivity contribution is 5.98. The molecule has 2 aliphatic heterocycles. The molecule has 2 amide bonds. The standard InChI is InChI=1S/C17H27N5O3/c1-3-5-21-12-14(13(2)19-21)16(23)22-6-4-18-11-15(22)17(24)20-7-9-25-10-8-20/h12,15,18H,3-11H2,1-2H3/t15-/m1/s1. The number of amides is 2. The van der Waals surface area contributed by atoms with Gasteiger partial charge in [-0.2, -0.15) is 5.10 Å². The smallest absolute Gasteiger partial charge is 0.258 e. The average Bonchev–Trinajstić information content (AvgIpc) is 3.02. The molecule has 0 unspecified atom stereocenters. The molecule has 0 aromatic carbocycles. The van der Waals surface area contributed by atoms with Crippen LogP contribution in [0.4, 0.5) is 0 Å². The van der Waals surface area contributed by atoms with E-state index >= 15 is 0 Å². The lowest BCUT2D eigenvalue weighted by molar-refractivity contribution is -0.140. The van der Waals surface area contributed by atoms with Gasteiger partial charge < -0.3 is 19.9 Å². The van der Waals surface area contributed by atoms with Crippen LogP contribution < -0.4 is 5.32 Å². The molecule has 0 spiro atoms. The zero-order valence-corrected chi connectivity index (χ0v) is 15.0. The molecule has 138 valence electrons. The topological polar surface area (TPSA) is 79.7 Å². The molecule has 8 heteroatoms. The predicted molar refractivity (Wildman–Crippen MR) is 92.3 cm³/mol. The van der Waals surface area contributed by atoms with Crippen molar-refractivity contribution in [1.29, 1.82) is 0 Å². The lowest BCUT2D eigenvalue weighted by atomic mass is 10.1. The van der Waals surface area contributed by atoms with Crippen LogP contribution in [0, 0.1) is 6.92 Å². The largest absolute Gasteiger partial charge is 0.378 e. The van der Waals surface area contributed by atoms with Gasteiger partial charge in [0.2, 0.25) is 5.91 Å². The van der Waals surface area contributed by atoms with E-state index < -0.39 is 6.04 Å². The summed E-state index contributed by atoms with van der Waals surface area (Å²) in [7, 11) is 0. The molecule has 0 saturated carbocycles. The van der Waals surface area contributed by atoms with Crippen LogP contribution in [0.1, 0.15) is 29.4 Å². The Labute approximate surface area is 148 Å². The first-order valence-electron chi connectivity index (χ1n) is 9.04. The third kappa shape index (κ3) is 3.85. The lowest BCUT2D eigenvalue weighted by Crippen LogP contribution is -2.61. The van der Waals surface area contributed by atoms with Crippen LogP contribution in [0.2, 0.25) is 0 Å². The summed E-state index contributed by atoms with van der Waals surface area (Å²) in [5.41, 5.74) is 1.31. The van der Waals surface area contributed by atoms with Crippen molar-refractivity contribution < 1.29 is 14.3 Å². The van der Waals surface area contributed by atoms with Gasteiger partial charge in [0.05, 0.1) is 24.5 Å². The Hall–Kier alpha value is -1.93. The number of nitrogens with zero attached hydrogens (tertiary/aromatic N) is 4. The molecule has 25 heavy (non-hydrogen) atoms. The number of ether oxygens (including phenoxy) is 1. The second-order valence-electron chi connectivity index (χ2n) is 6.55. The van der Waals surface area contributed by atoms with Crippen molar-refractivity contribution in [3.8, 4) is 0 Å². The summed E-state index contributed by atoms with van der Waals surface area (Å²) in [4.78, 5) is 29.5. The fourth-order valence-corrected chi connectivity index (χ4v) is 3.39. The van der Waals surface area contributed by atoms with Gasteiger partial charge in [-0.25, -0.2) is 0 Å². The van der Waals surface area contributed by atoms with Crippen LogP contribution in [0.3, 0.4) is 0 Å². The number of aromatic nitrogens is 2. The quantitative estimate of drug-likeness (QED) is 0.819. The molecule has 2 aliphatic rings. The van der Waals surface area contributed by atoms with Crippen molar-refractivity contribution in [2.45, 2.75) is 32.9 Å². The fraction of sp³-hybridized carbons (Fsp3) is 0.706. The first-order valence-corrected chi connectivity index (χ1v) is 9.04. The summed E-state index contributed by atoms with van der Waals surface area (Å²) in [6, 6.07) is -0.465. The van der Waals surface area contributed by atoms with E-state index in [1.54, 1.807) is 16.0 Å². The summed E-state index contributed by atoms with van der Waals surface area (Å²) in [6.45, 7) is 8.71. The summed E-state index contributed by atoms with van der Waals surface area (Å²) in [5, 5.41) is 7.66. The Morgan fingerprint density at radius 3 is 2.80 bits per heavy atom. The van der Waals surface area contributed by atoms with Crippen LogP contribution in [-0.2, 0) is 16.1 Å². The maximum atomic E-state index is 13.1. The van der Waals surface area contributed by atoms with Crippen molar-refractivity contribution in [3.63, 3.8) is 0 Å². The van der Waals surface area contributed by atoms with Gasteiger partial charge in [-0.1, -0.05) is 6.92 Å². The molecule has 1 aromatic rings. The third-order valence-electron chi connectivity index (χ3n) is 4.74. The molecule has 0 aliphatic carbocycles. The minimum absolute atomic E-state index is 0.00227. The van der Waals surface area contributed by atoms with Gasteiger partial charge in [0, 0.05) is 45.5 Å². The predicted octanol–water partition coefficient (Wildman–Crippen LogP) is -0.126. The van der Waals surface area contributed by atoms with Crippen molar-refractivity contribution >= 4 is 11.8 Å². The highest BCUT2D eigenvalue weighted by atomic mass is 16.5. The van der Waals surface area contributed by atoms with Crippen molar-refractivity contribution in [2.75, 3.05) is 45.9 Å². The van der Waals surface area contributed by atoms with E-state index in [-0.39, 0.29) is 11.8 Å². The zero-order valence-electron chi connectivity index (χ0n) is 15.0. The number of hydrogen-bond donors (Lipinski definition) is 1. The number of carbonyl (C=O) groups excluding carboxylic acids is 2. The number of aryl methyl sites for hydroxylation is 2. The normalized spacial score (nSPS) is 21.4. The molecule has 0 bridgehead atoms. The number of nitrogens with one attached hydrogen (secondary N) is 1. The Morgan fingerprint density at radius 2 is 2.08 bits per heavy atom. The molecule has 2 fully saturated rings. The van der Waals surface area contributed by atoms with Crippen LogP contribution in [0.15, 0.2) is 6.20 Å². The maximum Gasteiger partial charge on any atom is 0.258 e. The second kappa shape index (κ2) is 7.97. The van der Waals surface area contributed by atoms with E-state index in [0.717, 1.165) is 18.7 Å². The lowest BCUT2D eigenvalue weighted by Gasteiger charge is -2.39. The number of piperazine rings is 1. The van der Waals surface area contributed by atoms with E-state index in [0.29, 0.717) is 51.5 Å². The van der Waals surface area contributed by atoms with Gasteiger partial charge in [-0.3, -0.25) is 14.3 Å². The average molecular weight is 349 g/mol. The minimum Gasteiger partial charge on any atom is -0.378 e. The number of hydrogen-bond acceptors (Lipinski definition) is 5. The van der Waals surface area contributed by atoms with E-state index in [4.69, 9.17) is 4.74 Å². The van der Waals surface area contributed by atoms with E-state index in [1.165, 1.54) is 0 Å². The molecule has 0 radical (unpaired) electrons. The van der Waals surface area contributed by atoms with E-state index in [2.05, 4.69) is 17.3 Å². The summed E-state index contributed by atoms with van der Waals surface area (Å²) >= 11 is 0. The molecule has 1 N–H and O–H groups in total. The van der Waals surface area contributed by atoms with Gasteiger partial charge >= 0.3 is 0 Å². The van der Waals surface area contributed by atoms with Gasteiger partial charge in [-0.05, 0) is 13.3 Å². The molecule has 2 saturated heterocycles. The Morgan fingerprint density at radius 1 is 1.32 bits per heavy atom. The minimum atomic E-state index is -0.465. The van der Waals surface area contributed by atoms with Crippen molar-refractivity contribution in [2.24, 2.45) is 0 Å². The van der Waals surface area contributed by atoms with Crippen molar-refractivity contribution in [1.82, 2.24) is 24.9 Å². The number of rotatable bonds is 4. The molecule has 1 atom stereocenters. The van der Waals surface area contributed by atoms with E-state index in [9.17, 15) is 9.59 Å². The first kappa shape index (κ1) is 17.9. The van der Waals surface area contributed by atoms with Gasteiger partial charge in [-0.15, -0.1) is 0 Å². The second-order valence-corrected chi connectivity index (χ2v) is 6.55. The Bertz CT molecular complexity index is 624. The molecular formula is C17H27N5O3. The van der Waals surface area contributed by atoms with Crippen LogP contribution >= 0.6 is 0 Å². The highest BCUT2D eigenvalue weighted by Crippen LogP contribution is 2.16. The third-order valence-corrected chi connectivity index (χ3v) is 4.74. The molecular weight excluding hydrogens is 322 g/mol. The fourth-order valence-electron chi connectivity index (χ4n) is 3.39. The van der Waals surface area contributed by atoms with Crippen molar-refractivity contribution in [3.05, 3.63) is 17.5 Å². The van der Waals surface area contributed by atoms with E-state index in [1.807, 2.05) is 11.6 Å². The first-order chi connectivity index (χ1) is 12.1. The molecule has 3 rings (SSSR count). The van der Waals surface area contributed by atoms with Crippen LogP contribution in [-0.4, -0.2) is 83.4 Å². The zero-order chi connectivity index (χ0) is 17.8. The Balaban J connectivity index is 1.77. The number of carbonyl (C=O) groups is 2. The highest BCUT2D eigenvalue weighted by Gasteiger charge is 2.36.